The van der Waals surface area contributed by atoms with Crippen LogP contribution in [0.4, 0.5) is 0 Å². The van der Waals surface area contributed by atoms with Crippen LogP contribution < -0.4 is 0 Å². The largest absolute Gasteiger partial charge is 0.270 e. The Labute approximate surface area is 217 Å². The molecule has 0 spiro atoms. The maximum atomic E-state index is 13.7. The van der Waals surface area contributed by atoms with E-state index >= 15 is 0 Å². The van der Waals surface area contributed by atoms with Crippen molar-refractivity contribution in [2.75, 3.05) is 13.1 Å². The molecular formula is C32H26N2O2S. The molecule has 1 heterocycles. The molecule has 0 unspecified atom stereocenters. The number of hydrogen-bond acceptors (Lipinski definition) is 3. The predicted molar refractivity (Wildman–Crippen MR) is 149 cm³/mol. The fraction of sp³-hybridized carbons (Fsp3) is 0.0938. The molecule has 1 fully saturated rings. The fourth-order valence-electron chi connectivity index (χ4n) is 4.95. The third-order valence-electron chi connectivity index (χ3n) is 6.97. The summed E-state index contributed by atoms with van der Waals surface area (Å²) in [6.45, 7) is 0.546. The van der Waals surface area contributed by atoms with Crippen molar-refractivity contribution in [1.82, 2.24) is 4.31 Å². The number of benzene rings is 5. The number of sulfonamides is 1. The molecule has 1 aliphatic heterocycles. The maximum Gasteiger partial charge on any atom is 0.243 e. The first-order valence-electron chi connectivity index (χ1n) is 12.3. The molecule has 182 valence electrons. The summed E-state index contributed by atoms with van der Waals surface area (Å²) in [5.74, 6) is 0. The van der Waals surface area contributed by atoms with Gasteiger partial charge in [0.1, 0.15) is 5.54 Å². The second-order valence-corrected chi connectivity index (χ2v) is 11.3. The van der Waals surface area contributed by atoms with E-state index in [0.717, 1.165) is 33.2 Å². The Bertz CT molecular complexity index is 1640. The monoisotopic (exact) mass is 502 g/mol. The molecule has 0 aliphatic carbocycles. The summed E-state index contributed by atoms with van der Waals surface area (Å²) in [6.07, 6.45) is 0. The predicted octanol–water partition coefficient (Wildman–Crippen LogP) is 6.28. The van der Waals surface area contributed by atoms with E-state index in [1.807, 2.05) is 121 Å². The molecule has 37 heavy (non-hydrogen) atoms. The van der Waals surface area contributed by atoms with E-state index in [4.69, 9.17) is 4.99 Å². The Kier molecular flexibility index (Phi) is 5.95. The second kappa shape index (κ2) is 9.43. The molecule has 1 saturated heterocycles. The third-order valence-corrected chi connectivity index (χ3v) is 8.75. The van der Waals surface area contributed by atoms with Crippen LogP contribution in [-0.2, 0) is 15.6 Å². The topological polar surface area (TPSA) is 49.7 Å². The lowest BCUT2D eigenvalue weighted by Crippen LogP contribution is -2.60. The van der Waals surface area contributed by atoms with E-state index in [-0.39, 0.29) is 13.1 Å². The Morgan fingerprint density at radius 1 is 0.622 bits per heavy atom. The van der Waals surface area contributed by atoms with Crippen molar-refractivity contribution >= 4 is 26.5 Å². The van der Waals surface area contributed by atoms with Crippen molar-refractivity contribution in [2.24, 2.45) is 4.99 Å². The smallest absolute Gasteiger partial charge is 0.243 e. The van der Waals surface area contributed by atoms with Crippen molar-refractivity contribution in [2.45, 2.75) is 10.4 Å². The zero-order valence-electron chi connectivity index (χ0n) is 20.2. The van der Waals surface area contributed by atoms with Gasteiger partial charge in [-0.2, -0.15) is 4.31 Å². The second-order valence-electron chi connectivity index (χ2n) is 9.37. The molecule has 0 radical (unpaired) electrons. The maximum absolute atomic E-state index is 13.7. The lowest BCUT2D eigenvalue weighted by Gasteiger charge is -2.47. The lowest BCUT2D eigenvalue weighted by atomic mass is 9.84. The van der Waals surface area contributed by atoms with E-state index in [1.165, 1.54) is 0 Å². The van der Waals surface area contributed by atoms with Gasteiger partial charge in [-0.1, -0.05) is 121 Å². The Morgan fingerprint density at radius 2 is 1.14 bits per heavy atom. The minimum absolute atomic E-state index is 0.273. The summed E-state index contributed by atoms with van der Waals surface area (Å²) in [5, 5.41) is 1.93. The molecule has 0 bridgehead atoms. The van der Waals surface area contributed by atoms with Crippen molar-refractivity contribution < 1.29 is 8.42 Å². The van der Waals surface area contributed by atoms with Gasteiger partial charge < -0.3 is 0 Å². The van der Waals surface area contributed by atoms with Crippen molar-refractivity contribution in [3.05, 3.63) is 150 Å². The van der Waals surface area contributed by atoms with Gasteiger partial charge in [-0.25, -0.2) is 8.42 Å². The van der Waals surface area contributed by atoms with Crippen LogP contribution in [0.1, 0.15) is 16.7 Å². The average Bonchev–Trinajstić information content (AvgIpc) is 2.94. The van der Waals surface area contributed by atoms with Crippen molar-refractivity contribution in [1.29, 1.82) is 0 Å². The van der Waals surface area contributed by atoms with Crippen LogP contribution in [0.3, 0.4) is 0 Å². The van der Waals surface area contributed by atoms with Crippen molar-refractivity contribution in [3.63, 3.8) is 0 Å². The lowest BCUT2D eigenvalue weighted by molar-refractivity contribution is 0.161. The summed E-state index contributed by atoms with van der Waals surface area (Å²) >= 11 is 0. The molecule has 5 aromatic rings. The fourth-order valence-corrected chi connectivity index (χ4v) is 6.53. The Morgan fingerprint density at radius 3 is 1.73 bits per heavy atom. The summed E-state index contributed by atoms with van der Waals surface area (Å²) in [5.41, 5.74) is 3.17. The highest BCUT2D eigenvalue weighted by molar-refractivity contribution is 7.89. The zero-order chi connectivity index (χ0) is 25.3. The van der Waals surface area contributed by atoms with Crippen LogP contribution >= 0.6 is 0 Å². The molecular weight excluding hydrogens is 476 g/mol. The minimum atomic E-state index is -3.67. The van der Waals surface area contributed by atoms with E-state index in [9.17, 15) is 8.42 Å². The first-order chi connectivity index (χ1) is 18.1. The van der Waals surface area contributed by atoms with E-state index < -0.39 is 15.6 Å². The summed E-state index contributed by atoms with van der Waals surface area (Å²) in [7, 11) is -3.67. The highest BCUT2D eigenvalue weighted by atomic mass is 32.2. The van der Waals surface area contributed by atoms with Gasteiger partial charge in [0.05, 0.1) is 10.6 Å². The van der Waals surface area contributed by atoms with Gasteiger partial charge in [-0.3, -0.25) is 4.99 Å². The molecule has 5 aromatic carbocycles. The molecule has 0 saturated carbocycles. The molecule has 0 N–H and O–H groups in total. The number of nitrogens with zero attached hydrogens (tertiary/aromatic N) is 2. The van der Waals surface area contributed by atoms with Crippen LogP contribution in [0.25, 0.3) is 10.8 Å². The van der Waals surface area contributed by atoms with Gasteiger partial charge in [0.2, 0.25) is 10.0 Å². The molecule has 0 atom stereocenters. The van der Waals surface area contributed by atoms with E-state index in [0.29, 0.717) is 4.90 Å². The van der Waals surface area contributed by atoms with Crippen LogP contribution in [0, 0.1) is 0 Å². The van der Waals surface area contributed by atoms with Crippen LogP contribution in [0.2, 0.25) is 0 Å². The molecule has 4 nitrogen and oxygen atoms in total. The number of aliphatic imine (C=N–C) groups is 1. The summed E-state index contributed by atoms with van der Waals surface area (Å²) < 4.78 is 28.9. The standard InChI is InChI=1S/C32H26N2O2S/c35-37(36,30-21-20-25-12-10-11-17-28(25)22-30)34-23-32(24-34,29-18-8-3-9-19-29)33-31(26-13-4-1-5-14-26)27-15-6-2-7-16-27/h1-22H,23-24H2. The highest BCUT2D eigenvalue weighted by Crippen LogP contribution is 2.40. The quantitative estimate of drug-likeness (QED) is 0.257. The first-order valence-corrected chi connectivity index (χ1v) is 13.7. The average molecular weight is 503 g/mol. The molecule has 0 amide bonds. The minimum Gasteiger partial charge on any atom is -0.270 e. The highest BCUT2D eigenvalue weighted by Gasteiger charge is 2.50. The molecule has 0 aromatic heterocycles. The molecule has 6 rings (SSSR count). The van der Waals surface area contributed by atoms with E-state index in [2.05, 4.69) is 0 Å². The Hall–Kier alpha value is -4.06. The molecule has 5 heteroatoms. The first kappa shape index (κ1) is 23.3. The molecule has 1 aliphatic rings. The van der Waals surface area contributed by atoms with Gasteiger partial charge >= 0.3 is 0 Å². The Balaban J connectivity index is 1.42. The summed E-state index contributed by atoms with van der Waals surface area (Å²) in [4.78, 5) is 5.65. The van der Waals surface area contributed by atoms with Gasteiger partial charge in [0.15, 0.2) is 0 Å². The van der Waals surface area contributed by atoms with Crippen molar-refractivity contribution in [3.8, 4) is 0 Å². The van der Waals surface area contributed by atoms with Crippen LogP contribution in [0.15, 0.2) is 143 Å². The summed E-state index contributed by atoms with van der Waals surface area (Å²) in [6, 6.07) is 43.3. The van der Waals surface area contributed by atoms with Gasteiger partial charge in [-0.15, -0.1) is 0 Å². The van der Waals surface area contributed by atoms with E-state index in [1.54, 1.807) is 16.4 Å². The third kappa shape index (κ3) is 4.37. The van der Waals surface area contributed by atoms with Gasteiger partial charge in [0, 0.05) is 24.2 Å². The van der Waals surface area contributed by atoms with Crippen LogP contribution in [0.5, 0.6) is 0 Å². The number of hydrogen-bond donors (Lipinski definition) is 0. The normalized spacial score (nSPS) is 15.1. The zero-order valence-corrected chi connectivity index (χ0v) is 21.1. The van der Waals surface area contributed by atoms with Gasteiger partial charge in [-0.05, 0) is 28.5 Å². The van der Waals surface area contributed by atoms with Crippen LogP contribution in [-0.4, -0.2) is 31.5 Å². The van der Waals surface area contributed by atoms with Gasteiger partial charge in [0.25, 0.3) is 0 Å². The SMILES string of the molecule is O=S(=O)(c1ccc2ccccc2c1)N1CC(N=C(c2ccccc2)c2ccccc2)(c2ccccc2)C1. The number of fused-ring (bicyclic) bond motifs is 1. The number of rotatable bonds is 6.